The quantitative estimate of drug-likeness (QED) is 0.265. The van der Waals surface area contributed by atoms with E-state index in [1.165, 1.54) is 6.26 Å². The fourth-order valence-corrected chi connectivity index (χ4v) is 3.98. The first-order valence-corrected chi connectivity index (χ1v) is 11.5. The number of aryl methyl sites for hydroxylation is 1. The molecule has 0 amide bonds. The Balaban J connectivity index is 0.00000341. The number of aromatic nitrogens is 3. The number of nitrogens with zero attached hydrogens (tertiary/aromatic N) is 4. The van der Waals surface area contributed by atoms with E-state index in [1.807, 2.05) is 37.4 Å². The topological polar surface area (TPSA) is 101 Å². The molecule has 0 radical (unpaired) electrons. The third kappa shape index (κ3) is 7.03. The molecule has 10 heteroatoms. The van der Waals surface area contributed by atoms with Gasteiger partial charge in [-0.2, -0.15) is 5.10 Å². The minimum absolute atomic E-state index is 0. The van der Waals surface area contributed by atoms with E-state index in [2.05, 4.69) is 25.7 Å². The molecule has 0 aliphatic heterocycles. The number of hydrogen-bond acceptors (Lipinski definition) is 5. The molecule has 166 valence electrons. The first-order chi connectivity index (χ1) is 14.4. The van der Waals surface area contributed by atoms with E-state index >= 15 is 0 Å². The maximum absolute atomic E-state index is 11.8. The average molecular weight is 554 g/mol. The number of pyridine rings is 1. The zero-order valence-corrected chi connectivity index (χ0v) is 20.9. The van der Waals surface area contributed by atoms with Gasteiger partial charge >= 0.3 is 0 Å². The van der Waals surface area contributed by atoms with Crippen LogP contribution in [0.5, 0.6) is 0 Å². The fraction of sp³-hybridized carbons (Fsp3) is 0.286. The lowest BCUT2D eigenvalue weighted by Crippen LogP contribution is -2.36. The van der Waals surface area contributed by atoms with E-state index in [-0.39, 0.29) is 24.0 Å². The minimum atomic E-state index is -3.22. The summed E-state index contributed by atoms with van der Waals surface area (Å²) in [5, 5.41) is 10.7. The largest absolute Gasteiger partial charge is 0.357 e. The second-order valence-electron chi connectivity index (χ2n) is 6.89. The van der Waals surface area contributed by atoms with Crippen molar-refractivity contribution in [1.29, 1.82) is 0 Å². The van der Waals surface area contributed by atoms with Crippen molar-refractivity contribution in [3.63, 3.8) is 0 Å². The molecular weight excluding hydrogens is 527 g/mol. The Morgan fingerprint density at radius 3 is 2.58 bits per heavy atom. The van der Waals surface area contributed by atoms with Gasteiger partial charge < -0.3 is 10.6 Å². The highest BCUT2D eigenvalue weighted by Gasteiger charge is 2.10. The van der Waals surface area contributed by atoms with Crippen LogP contribution in [-0.2, 0) is 22.9 Å². The van der Waals surface area contributed by atoms with Crippen LogP contribution in [0.4, 0.5) is 0 Å². The summed E-state index contributed by atoms with van der Waals surface area (Å²) in [6.45, 7) is 5.55. The van der Waals surface area contributed by atoms with Crippen molar-refractivity contribution in [2.24, 2.45) is 4.99 Å². The Hall–Kier alpha value is -2.47. The van der Waals surface area contributed by atoms with E-state index < -0.39 is 9.84 Å². The number of benzene rings is 1. The summed E-state index contributed by atoms with van der Waals surface area (Å²) in [4.78, 5) is 9.31. The zero-order valence-electron chi connectivity index (χ0n) is 17.7. The molecule has 8 nitrogen and oxygen atoms in total. The maximum Gasteiger partial charge on any atom is 0.191 e. The Labute approximate surface area is 200 Å². The first kappa shape index (κ1) is 24.8. The van der Waals surface area contributed by atoms with Crippen molar-refractivity contribution >= 4 is 39.8 Å². The molecule has 0 unspecified atom stereocenters. The van der Waals surface area contributed by atoms with Crippen molar-refractivity contribution in [3.8, 4) is 5.82 Å². The van der Waals surface area contributed by atoms with Crippen LogP contribution in [0.2, 0.25) is 0 Å². The molecule has 2 N–H and O–H groups in total. The van der Waals surface area contributed by atoms with Crippen LogP contribution >= 0.6 is 24.0 Å². The fourth-order valence-electron chi connectivity index (χ4n) is 3.02. The lowest BCUT2D eigenvalue weighted by Gasteiger charge is -2.12. The van der Waals surface area contributed by atoms with Crippen LogP contribution in [-0.4, -0.2) is 41.9 Å². The van der Waals surface area contributed by atoms with Gasteiger partial charge in [0.05, 0.1) is 11.4 Å². The van der Waals surface area contributed by atoms with Gasteiger partial charge in [-0.3, -0.25) is 0 Å². The van der Waals surface area contributed by atoms with E-state index in [1.54, 1.807) is 36.1 Å². The van der Waals surface area contributed by atoms with E-state index in [0.29, 0.717) is 23.9 Å². The van der Waals surface area contributed by atoms with Crippen LogP contribution in [0.3, 0.4) is 0 Å². The van der Waals surface area contributed by atoms with Crippen molar-refractivity contribution < 1.29 is 8.42 Å². The highest BCUT2D eigenvalue weighted by molar-refractivity contribution is 14.0. The van der Waals surface area contributed by atoms with Crippen LogP contribution in [0, 0.1) is 6.92 Å². The van der Waals surface area contributed by atoms with Crippen molar-refractivity contribution in [1.82, 2.24) is 25.4 Å². The van der Waals surface area contributed by atoms with E-state index in [4.69, 9.17) is 0 Å². The molecule has 31 heavy (non-hydrogen) atoms. The smallest absolute Gasteiger partial charge is 0.191 e. The number of halogens is 1. The number of nitrogens with one attached hydrogen (secondary N) is 2. The molecule has 0 fully saturated rings. The van der Waals surface area contributed by atoms with Gasteiger partial charge in [0.15, 0.2) is 21.6 Å². The van der Waals surface area contributed by atoms with Gasteiger partial charge in [-0.1, -0.05) is 12.1 Å². The monoisotopic (exact) mass is 554 g/mol. The Morgan fingerprint density at radius 2 is 1.94 bits per heavy atom. The second kappa shape index (κ2) is 11.2. The van der Waals surface area contributed by atoms with Gasteiger partial charge in [-0.15, -0.1) is 24.0 Å². The summed E-state index contributed by atoms with van der Waals surface area (Å²) in [6.07, 6.45) is 6.54. The molecule has 0 aliphatic rings. The normalized spacial score (nSPS) is 11.6. The molecular formula is C21H27IN6O2S. The molecule has 2 heterocycles. The highest BCUT2D eigenvalue weighted by atomic mass is 127. The molecule has 1 aromatic carbocycles. The molecule has 2 aromatic heterocycles. The number of sulfone groups is 1. The Morgan fingerprint density at radius 1 is 1.13 bits per heavy atom. The lowest BCUT2D eigenvalue weighted by atomic mass is 10.1. The molecule has 0 bridgehead atoms. The summed E-state index contributed by atoms with van der Waals surface area (Å²) < 4.78 is 25.3. The third-order valence-electron chi connectivity index (χ3n) is 4.41. The van der Waals surface area contributed by atoms with Crippen LogP contribution < -0.4 is 10.6 Å². The standard InChI is InChI=1S/C21H26N6O2S.HI/c1-4-22-21(24-14-17-6-7-19(16(2)12-17)30(3,28)29)25-15-18-8-10-23-20(13-18)27-11-5-9-26-27;/h5-13H,4,14-15H2,1-3H3,(H2,22,24,25);1H. The SMILES string of the molecule is CCNC(=NCc1ccc(S(C)(=O)=O)c(C)c1)NCc1ccnc(-n2cccn2)c1.I. The molecule has 0 saturated carbocycles. The van der Waals surface area contributed by atoms with Gasteiger partial charge in [-0.25, -0.2) is 23.1 Å². The summed E-state index contributed by atoms with van der Waals surface area (Å²) >= 11 is 0. The average Bonchev–Trinajstić information content (AvgIpc) is 3.24. The van der Waals surface area contributed by atoms with Crippen molar-refractivity contribution in [3.05, 3.63) is 71.7 Å². The Bertz CT molecular complexity index is 1130. The number of hydrogen-bond donors (Lipinski definition) is 2. The Kier molecular flexibility index (Phi) is 8.99. The summed E-state index contributed by atoms with van der Waals surface area (Å²) in [7, 11) is -3.22. The number of rotatable bonds is 7. The van der Waals surface area contributed by atoms with Crippen LogP contribution in [0.1, 0.15) is 23.6 Å². The molecule has 0 atom stereocenters. The van der Waals surface area contributed by atoms with Gasteiger partial charge in [0.1, 0.15) is 0 Å². The van der Waals surface area contributed by atoms with Crippen molar-refractivity contribution in [2.75, 3.05) is 12.8 Å². The highest BCUT2D eigenvalue weighted by Crippen LogP contribution is 2.17. The predicted octanol–water partition coefficient (Wildman–Crippen LogP) is 2.85. The van der Waals surface area contributed by atoms with Crippen molar-refractivity contribution in [2.45, 2.75) is 31.8 Å². The van der Waals surface area contributed by atoms with Crippen LogP contribution in [0.25, 0.3) is 5.82 Å². The molecule has 0 saturated heterocycles. The summed E-state index contributed by atoms with van der Waals surface area (Å²) in [6, 6.07) is 11.1. The van der Waals surface area contributed by atoms with Gasteiger partial charge in [0.2, 0.25) is 0 Å². The minimum Gasteiger partial charge on any atom is -0.357 e. The maximum atomic E-state index is 11.8. The van der Waals surface area contributed by atoms with Gasteiger partial charge in [-0.05, 0) is 54.8 Å². The molecule has 0 spiro atoms. The molecule has 0 aliphatic carbocycles. The van der Waals surface area contributed by atoms with Crippen LogP contribution in [0.15, 0.2) is 64.9 Å². The third-order valence-corrected chi connectivity index (χ3v) is 5.67. The zero-order chi connectivity index (χ0) is 21.6. The number of guanidine groups is 1. The lowest BCUT2D eigenvalue weighted by molar-refractivity contribution is 0.601. The first-order valence-electron chi connectivity index (χ1n) is 9.63. The number of aliphatic imine (C=N–C) groups is 1. The predicted molar refractivity (Wildman–Crippen MR) is 133 cm³/mol. The van der Waals surface area contributed by atoms with Gasteiger partial charge in [0.25, 0.3) is 0 Å². The summed E-state index contributed by atoms with van der Waals surface area (Å²) in [5.74, 6) is 1.43. The van der Waals surface area contributed by atoms with Gasteiger partial charge in [0, 0.05) is 37.9 Å². The second-order valence-corrected chi connectivity index (χ2v) is 8.88. The summed E-state index contributed by atoms with van der Waals surface area (Å²) in [5.41, 5.74) is 2.72. The molecule has 3 aromatic rings. The molecule has 3 rings (SSSR count). The van der Waals surface area contributed by atoms with E-state index in [0.717, 1.165) is 29.1 Å². The van der Waals surface area contributed by atoms with E-state index in [9.17, 15) is 8.42 Å².